The summed E-state index contributed by atoms with van der Waals surface area (Å²) in [6.45, 7) is 4.34. The zero-order chi connectivity index (χ0) is 46.3. The number of carbonyl (C=O) groups is 1. The summed E-state index contributed by atoms with van der Waals surface area (Å²) < 4.78 is 0. The fraction of sp³-hybridized carbons (Fsp3) is 0.917. The second kappa shape index (κ2) is 56.2. The van der Waals surface area contributed by atoms with Gasteiger partial charge in [0, 0.05) is 6.42 Å². The van der Waals surface area contributed by atoms with Gasteiger partial charge in [-0.15, -0.1) is 0 Å². The quantitative estimate of drug-likeness (QED) is 0.0421. The summed E-state index contributed by atoms with van der Waals surface area (Å²) in [6.07, 6.45) is 75.1. The molecule has 0 aliphatic rings. The van der Waals surface area contributed by atoms with Crippen molar-refractivity contribution >= 4 is 5.91 Å². The topological polar surface area (TPSA) is 69.6 Å². The number of aliphatic hydroxyl groups excluding tert-OH is 2. The number of aliphatic hydroxyl groups is 2. The van der Waals surface area contributed by atoms with Crippen LogP contribution in [-0.4, -0.2) is 34.9 Å². The Hall–Kier alpha value is -1.13. The van der Waals surface area contributed by atoms with Crippen LogP contribution in [0.3, 0.4) is 0 Å². The zero-order valence-corrected chi connectivity index (χ0v) is 43.8. The summed E-state index contributed by atoms with van der Waals surface area (Å²) in [4.78, 5) is 12.5. The van der Waals surface area contributed by atoms with Crippen LogP contribution in [0.5, 0.6) is 0 Å². The molecular weight excluding hydrogens is 783 g/mol. The maximum Gasteiger partial charge on any atom is 0.220 e. The van der Waals surface area contributed by atoms with Crippen LogP contribution in [0.1, 0.15) is 335 Å². The van der Waals surface area contributed by atoms with Gasteiger partial charge in [0.05, 0.1) is 18.8 Å². The highest BCUT2D eigenvalue weighted by molar-refractivity contribution is 5.76. The third-order valence-electron chi connectivity index (χ3n) is 13.9. The molecule has 0 heterocycles. The Balaban J connectivity index is 3.45. The molecule has 0 fully saturated rings. The molecule has 4 nitrogen and oxygen atoms in total. The summed E-state index contributed by atoms with van der Waals surface area (Å²) in [7, 11) is 0. The molecule has 3 N–H and O–H groups in total. The van der Waals surface area contributed by atoms with Gasteiger partial charge in [0.1, 0.15) is 0 Å². The zero-order valence-electron chi connectivity index (χ0n) is 43.8. The molecule has 4 heteroatoms. The van der Waals surface area contributed by atoms with Crippen LogP contribution in [0.15, 0.2) is 24.3 Å². The summed E-state index contributed by atoms with van der Waals surface area (Å²) in [6, 6.07) is -0.636. The Bertz CT molecular complexity index is 932. The van der Waals surface area contributed by atoms with Crippen LogP contribution >= 0.6 is 0 Å². The molecule has 64 heavy (non-hydrogen) atoms. The lowest BCUT2D eigenvalue weighted by Gasteiger charge is -2.19. The van der Waals surface area contributed by atoms with E-state index < -0.39 is 12.1 Å². The molecule has 0 aliphatic heterocycles. The molecule has 0 aliphatic carbocycles. The van der Waals surface area contributed by atoms with E-state index in [1.54, 1.807) is 6.08 Å². The first-order valence-electron chi connectivity index (χ1n) is 29.6. The predicted octanol–water partition coefficient (Wildman–Crippen LogP) is 19.5. The Morgan fingerprint density at radius 1 is 0.359 bits per heavy atom. The minimum atomic E-state index is -0.860. The first kappa shape index (κ1) is 62.9. The lowest BCUT2D eigenvalue weighted by molar-refractivity contribution is -0.123. The van der Waals surface area contributed by atoms with Crippen molar-refractivity contribution in [3.8, 4) is 0 Å². The van der Waals surface area contributed by atoms with Crippen LogP contribution < -0.4 is 5.32 Å². The van der Waals surface area contributed by atoms with E-state index in [-0.39, 0.29) is 12.5 Å². The Labute approximate surface area is 402 Å². The minimum Gasteiger partial charge on any atom is -0.394 e. The van der Waals surface area contributed by atoms with Crippen molar-refractivity contribution in [2.75, 3.05) is 6.61 Å². The largest absolute Gasteiger partial charge is 0.394 e. The number of hydrogen-bond donors (Lipinski definition) is 3. The van der Waals surface area contributed by atoms with Gasteiger partial charge in [0.2, 0.25) is 5.91 Å². The van der Waals surface area contributed by atoms with Gasteiger partial charge in [-0.3, -0.25) is 4.79 Å². The predicted molar refractivity (Wildman–Crippen MR) is 286 cm³/mol. The Morgan fingerprint density at radius 3 is 0.906 bits per heavy atom. The molecule has 1 amide bonds. The van der Waals surface area contributed by atoms with Crippen molar-refractivity contribution in [1.82, 2.24) is 5.32 Å². The smallest absolute Gasteiger partial charge is 0.220 e. The number of carbonyl (C=O) groups excluding carboxylic acids is 1. The highest BCUT2D eigenvalue weighted by Crippen LogP contribution is 2.18. The van der Waals surface area contributed by atoms with E-state index in [0.717, 1.165) is 32.1 Å². The van der Waals surface area contributed by atoms with Gasteiger partial charge in [-0.05, 0) is 32.1 Å². The number of rotatable bonds is 55. The minimum absolute atomic E-state index is 0.0661. The Morgan fingerprint density at radius 2 is 0.609 bits per heavy atom. The average Bonchev–Trinajstić information content (AvgIpc) is 3.30. The van der Waals surface area contributed by atoms with Crippen LogP contribution in [0.25, 0.3) is 0 Å². The fourth-order valence-corrected chi connectivity index (χ4v) is 9.43. The van der Waals surface area contributed by atoms with Gasteiger partial charge in [0.25, 0.3) is 0 Å². The summed E-state index contributed by atoms with van der Waals surface area (Å²) in [5, 5.41) is 23.2. The highest BCUT2D eigenvalue weighted by atomic mass is 16.3. The molecular formula is C60H117NO3. The van der Waals surface area contributed by atoms with Crippen LogP contribution in [0, 0.1) is 0 Å². The summed E-state index contributed by atoms with van der Waals surface area (Å²) in [5.41, 5.74) is 0. The van der Waals surface area contributed by atoms with Crippen molar-refractivity contribution in [1.29, 1.82) is 0 Å². The van der Waals surface area contributed by atoms with Crippen LogP contribution in [-0.2, 0) is 4.79 Å². The van der Waals surface area contributed by atoms with Gasteiger partial charge < -0.3 is 15.5 Å². The van der Waals surface area contributed by atoms with E-state index in [0.29, 0.717) is 6.42 Å². The van der Waals surface area contributed by atoms with E-state index in [2.05, 4.69) is 31.3 Å². The fourth-order valence-electron chi connectivity index (χ4n) is 9.43. The molecule has 0 aromatic rings. The van der Waals surface area contributed by atoms with Gasteiger partial charge in [-0.25, -0.2) is 0 Å². The van der Waals surface area contributed by atoms with E-state index >= 15 is 0 Å². The molecule has 0 radical (unpaired) electrons. The monoisotopic (exact) mass is 900 g/mol. The SMILES string of the molecule is CCCCCCCCCCCCCCCCC/C=C/CC/C=C/C(O)C(CO)NC(=O)CCCCCCCCCCCCCCCCCCCCCCCCCCCCCCCCC. The molecule has 0 bridgehead atoms. The molecule has 0 aromatic carbocycles. The normalized spacial score (nSPS) is 12.9. The van der Waals surface area contributed by atoms with E-state index in [1.807, 2.05) is 6.08 Å². The van der Waals surface area contributed by atoms with Crippen molar-refractivity contribution < 1.29 is 15.0 Å². The van der Waals surface area contributed by atoms with Crippen molar-refractivity contribution in [3.63, 3.8) is 0 Å². The number of nitrogens with one attached hydrogen (secondary N) is 1. The van der Waals surface area contributed by atoms with E-state index in [4.69, 9.17) is 0 Å². The lowest BCUT2D eigenvalue weighted by atomic mass is 10.0. The van der Waals surface area contributed by atoms with Gasteiger partial charge in [0.15, 0.2) is 0 Å². The van der Waals surface area contributed by atoms with Crippen LogP contribution in [0.2, 0.25) is 0 Å². The standard InChI is InChI=1S/C60H117NO3/c1-3-5-7-9-11-13-15-17-19-21-23-25-26-27-28-29-30-31-32-33-34-36-38-40-42-44-46-48-50-52-54-56-60(64)61-58(57-62)59(63)55-53-51-49-47-45-43-41-39-37-35-24-22-20-18-16-14-12-10-8-6-4-2/h45,47,53,55,58-59,62-63H,3-44,46,48-52,54,56-57H2,1-2H3,(H,61,64)/b47-45+,55-53+. The molecule has 2 unspecified atom stereocenters. The maximum absolute atomic E-state index is 12.5. The number of unbranched alkanes of at least 4 members (excludes halogenated alkanes) is 46. The molecule has 0 rings (SSSR count). The summed E-state index contributed by atoms with van der Waals surface area (Å²) >= 11 is 0. The number of hydrogen-bond acceptors (Lipinski definition) is 3. The molecule has 2 atom stereocenters. The Kier molecular flexibility index (Phi) is 55.2. The maximum atomic E-state index is 12.5. The van der Waals surface area contributed by atoms with Gasteiger partial charge in [-0.1, -0.05) is 321 Å². The molecule has 0 saturated carbocycles. The highest BCUT2D eigenvalue weighted by Gasteiger charge is 2.18. The van der Waals surface area contributed by atoms with Crippen LogP contribution in [0.4, 0.5) is 0 Å². The lowest BCUT2D eigenvalue weighted by Crippen LogP contribution is -2.45. The third-order valence-corrected chi connectivity index (χ3v) is 13.9. The first-order chi connectivity index (χ1) is 31.7. The second-order valence-electron chi connectivity index (χ2n) is 20.4. The molecule has 0 spiro atoms. The van der Waals surface area contributed by atoms with Gasteiger partial charge in [-0.2, -0.15) is 0 Å². The van der Waals surface area contributed by atoms with Gasteiger partial charge >= 0.3 is 0 Å². The number of allylic oxidation sites excluding steroid dienone is 3. The molecule has 0 saturated heterocycles. The number of amides is 1. The van der Waals surface area contributed by atoms with E-state index in [9.17, 15) is 15.0 Å². The van der Waals surface area contributed by atoms with Crippen molar-refractivity contribution in [2.24, 2.45) is 0 Å². The first-order valence-corrected chi connectivity index (χ1v) is 29.6. The second-order valence-corrected chi connectivity index (χ2v) is 20.4. The van der Waals surface area contributed by atoms with E-state index in [1.165, 1.54) is 283 Å². The third kappa shape index (κ3) is 51.8. The van der Waals surface area contributed by atoms with Crippen molar-refractivity contribution in [2.45, 2.75) is 347 Å². The summed E-state index contributed by atoms with van der Waals surface area (Å²) in [5.74, 6) is -0.0661. The molecule has 0 aromatic heterocycles. The average molecular weight is 901 g/mol. The molecule has 380 valence electrons. The van der Waals surface area contributed by atoms with Crippen molar-refractivity contribution in [3.05, 3.63) is 24.3 Å².